The largest absolute Gasteiger partial charge is 0.349 e. The minimum Gasteiger partial charge on any atom is -0.349 e. The van der Waals surface area contributed by atoms with Gasteiger partial charge in [-0.2, -0.15) is 5.10 Å². The van der Waals surface area contributed by atoms with Crippen LogP contribution in [0.15, 0.2) is 43.0 Å². The Morgan fingerprint density at radius 1 is 1.14 bits per heavy atom. The number of rotatable bonds is 6. The van der Waals surface area contributed by atoms with E-state index >= 15 is 0 Å². The molecular weight excluding hydrogens is 440 g/mol. The average Bonchev–Trinajstić information content (AvgIpc) is 3.27. The lowest BCUT2D eigenvalue weighted by atomic mass is 9.77. The van der Waals surface area contributed by atoms with Crippen molar-refractivity contribution >= 4 is 17.6 Å². The van der Waals surface area contributed by atoms with Gasteiger partial charge in [0.05, 0.1) is 17.8 Å². The predicted octanol–water partition coefficient (Wildman–Crippen LogP) is 3.56. The molecular formula is C27H30N6O2. The van der Waals surface area contributed by atoms with Gasteiger partial charge in [-0.25, -0.2) is 4.98 Å². The molecule has 35 heavy (non-hydrogen) atoms. The third kappa shape index (κ3) is 4.00. The van der Waals surface area contributed by atoms with E-state index in [1.54, 1.807) is 17.1 Å². The van der Waals surface area contributed by atoms with E-state index in [0.717, 1.165) is 48.4 Å². The topological polar surface area (TPSA) is 93.0 Å². The van der Waals surface area contributed by atoms with E-state index in [0.29, 0.717) is 17.4 Å². The van der Waals surface area contributed by atoms with E-state index in [1.807, 2.05) is 43.3 Å². The van der Waals surface area contributed by atoms with Crippen molar-refractivity contribution in [3.63, 3.8) is 0 Å². The molecule has 3 atom stereocenters. The first-order chi connectivity index (χ1) is 16.9. The summed E-state index contributed by atoms with van der Waals surface area (Å²) in [6.45, 7) is 6.93. The lowest BCUT2D eigenvalue weighted by Gasteiger charge is -2.35. The van der Waals surface area contributed by atoms with Crippen LogP contribution >= 0.6 is 0 Å². The number of hydrogen-bond acceptors (Lipinski definition) is 5. The average molecular weight is 471 g/mol. The van der Waals surface area contributed by atoms with Gasteiger partial charge in [0.25, 0.3) is 5.91 Å². The number of anilines is 1. The lowest BCUT2D eigenvalue weighted by Crippen LogP contribution is -2.43. The highest BCUT2D eigenvalue weighted by Crippen LogP contribution is 2.47. The minimum atomic E-state index is -0.0968. The molecule has 3 aromatic rings. The van der Waals surface area contributed by atoms with Gasteiger partial charge in [-0.1, -0.05) is 0 Å². The Kier molecular flexibility index (Phi) is 5.20. The molecule has 8 nitrogen and oxygen atoms in total. The normalized spacial score (nSPS) is 25.7. The predicted molar refractivity (Wildman–Crippen MR) is 131 cm³/mol. The number of amides is 2. The van der Waals surface area contributed by atoms with Gasteiger partial charge in [-0.05, 0) is 80.8 Å². The summed E-state index contributed by atoms with van der Waals surface area (Å²) in [4.78, 5) is 36.1. The summed E-state index contributed by atoms with van der Waals surface area (Å²) in [6, 6.07) is 6.20. The van der Waals surface area contributed by atoms with Gasteiger partial charge in [0.2, 0.25) is 5.91 Å². The van der Waals surface area contributed by atoms with Crippen LogP contribution in [-0.4, -0.2) is 44.1 Å². The number of aromatic nitrogens is 4. The second-order valence-corrected chi connectivity index (χ2v) is 10.4. The molecule has 2 amide bonds. The highest BCUT2D eigenvalue weighted by molar-refractivity contribution is 5.99. The molecule has 0 spiro atoms. The number of nitrogens with one attached hydrogen (secondary N) is 1. The summed E-state index contributed by atoms with van der Waals surface area (Å²) in [6.07, 6.45) is 9.95. The Hall–Kier alpha value is -3.55. The molecule has 180 valence electrons. The van der Waals surface area contributed by atoms with Crippen molar-refractivity contribution in [2.75, 3.05) is 11.4 Å². The highest BCUT2D eigenvalue weighted by Gasteiger charge is 2.52. The Morgan fingerprint density at radius 2 is 1.97 bits per heavy atom. The van der Waals surface area contributed by atoms with Crippen LogP contribution in [0.1, 0.15) is 70.9 Å². The van der Waals surface area contributed by atoms with Crippen LogP contribution in [0, 0.1) is 25.7 Å². The number of hydrogen-bond donors (Lipinski definition) is 1. The molecule has 4 heterocycles. The van der Waals surface area contributed by atoms with Crippen molar-refractivity contribution in [3.05, 3.63) is 70.9 Å². The summed E-state index contributed by atoms with van der Waals surface area (Å²) in [5, 5.41) is 7.59. The summed E-state index contributed by atoms with van der Waals surface area (Å²) in [5.41, 5.74) is 4.96. The fourth-order valence-electron chi connectivity index (χ4n) is 5.46. The highest BCUT2D eigenvalue weighted by atomic mass is 16.2. The van der Waals surface area contributed by atoms with E-state index in [2.05, 4.69) is 33.4 Å². The second kappa shape index (κ2) is 8.29. The quantitative estimate of drug-likeness (QED) is 0.595. The number of carbonyl (C=O) groups excluding carboxylic acids is 2. The lowest BCUT2D eigenvalue weighted by molar-refractivity contribution is -0.118. The zero-order valence-corrected chi connectivity index (χ0v) is 20.3. The van der Waals surface area contributed by atoms with Crippen LogP contribution in [0.3, 0.4) is 0 Å². The molecule has 0 radical (unpaired) electrons. The summed E-state index contributed by atoms with van der Waals surface area (Å²) in [5.74, 6) is 1.98. The second-order valence-electron chi connectivity index (χ2n) is 10.4. The number of nitrogens with zero attached hydrogens (tertiary/aromatic N) is 5. The molecule has 1 saturated heterocycles. The van der Waals surface area contributed by atoms with Crippen LogP contribution in [0.25, 0.3) is 0 Å². The summed E-state index contributed by atoms with van der Waals surface area (Å²) < 4.78 is 1.80. The molecule has 6 rings (SSSR count). The van der Waals surface area contributed by atoms with E-state index in [4.69, 9.17) is 0 Å². The number of aryl methyl sites for hydroxylation is 2. The third-order valence-electron chi connectivity index (χ3n) is 7.88. The SMILES string of the molecule is Cc1ccnc(C2CC(NC(=O)c3cnn([C@@H](C)c4cnc(N5C[C@H]6C[C@H]6C5=O)cc4C)c3)C2)c1. The van der Waals surface area contributed by atoms with Crippen molar-refractivity contribution in [1.29, 1.82) is 0 Å². The van der Waals surface area contributed by atoms with E-state index in [9.17, 15) is 9.59 Å². The van der Waals surface area contributed by atoms with Gasteiger partial charge in [-0.3, -0.25) is 24.2 Å². The first-order valence-electron chi connectivity index (χ1n) is 12.4. The molecule has 3 aromatic heterocycles. The van der Waals surface area contributed by atoms with E-state index < -0.39 is 0 Å². The molecule has 0 aromatic carbocycles. The standard InChI is InChI=1S/C27H30N6O2/c1-15-4-5-28-24(6-15)18-8-21(9-18)31-26(34)20-11-30-33(14-20)17(3)23-12-29-25(7-16(23)2)32-13-19-10-22(19)27(32)35/h4-7,11-12,14,17-19,21-22H,8-10,13H2,1-3H3,(H,31,34)/t17-,18?,19+,21?,22+/m0/s1. The third-order valence-corrected chi connectivity index (χ3v) is 7.88. The monoisotopic (exact) mass is 470 g/mol. The van der Waals surface area contributed by atoms with Crippen LogP contribution in [-0.2, 0) is 4.79 Å². The molecule has 0 unspecified atom stereocenters. The first kappa shape index (κ1) is 21.9. The number of carbonyl (C=O) groups is 2. The first-order valence-corrected chi connectivity index (χ1v) is 12.4. The molecule has 0 bridgehead atoms. The van der Waals surface area contributed by atoms with Gasteiger partial charge in [0.15, 0.2) is 0 Å². The summed E-state index contributed by atoms with van der Waals surface area (Å²) in [7, 11) is 0. The summed E-state index contributed by atoms with van der Waals surface area (Å²) >= 11 is 0. The zero-order chi connectivity index (χ0) is 24.3. The van der Waals surface area contributed by atoms with E-state index in [-0.39, 0.29) is 29.8 Å². The molecule has 3 fully saturated rings. The van der Waals surface area contributed by atoms with Crippen LogP contribution in [0.4, 0.5) is 5.82 Å². The zero-order valence-electron chi connectivity index (χ0n) is 20.3. The molecule has 2 saturated carbocycles. The number of piperidine rings is 1. The van der Waals surface area contributed by atoms with Crippen LogP contribution in [0.5, 0.6) is 0 Å². The molecule has 1 N–H and O–H groups in total. The smallest absolute Gasteiger partial charge is 0.254 e. The molecule has 8 heteroatoms. The van der Waals surface area contributed by atoms with E-state index in [1.165, 1.54) is 5.56 Å². The molecule has 1 aliphatic heterocycles. The maximum absolute atomic E-state index is 12.8. The number of fused-ring (bicyclic) bond motifs is 1. The number of pyridine rings is 2. The fourth-order valence-corrected chi connectivity index (χ4v) is 5.46. The van der Waals surface area contributed by atoms with Gasteiger partial charge < -0.3 is 5.32 Å². The van der Waals surface area contributed by atoms with Crippen molar-refractivity contribution in [3.8, 4) is 0 Å². The van der Waals surface area contributed by atoms with Crippen molar-refractivity contribution in [2.24, 2.45) is 11.8 Å². The van der Waals surface area contributed by atoms with Crippen LogP contribution < -0.4 is 10.2 Å². The maximum atomic E-state index is 12.8. The van der Waals surface area contributed by atoms with Crippen molar-refractivity contribution < 1.29 is 9.59 Å². The van der Waals surface area contributed by atoms with Gasteiger partial charge in [0, 0.05) is 48.7 Å². The van der Waals surface area contributed by atoms with Gasteiger partial charge >= 0.3 is 0 Å². The Labute approximate surface area is 204 Å². The Morgan fingerprint density at radius 3 is 2.69 bits per heavy atom. The van der Waals surface area contributed by atoms with Gasteiger partial charge in [0.1, 0.15) is 5.82 Å². The Balaban J connectivity index is 1.08. The van der Waals surface area contributed by atoms with Crippen molar-refractivity contribution in [1.82, 2.24) is 25.1 Å². The van der Waals surface area contributed by atoms with Gasteiger partial charge in [-0.15, -0.1) is 0 Å². The van der Waals surface area contributed by atoms with Crippen LogP contribution in [0.2, 0.25) is 0 Å². The maximum Gasteiger partial charge on any atom is 0.254 e. The fraction of sp³-hybridized carbons (Fsp3) is 0.444. The minimum absolute atomic E-state index is 0.0822. The van der Waals surface area contributed by atoms with Crippen molar-refractivity contribution in [2.45, 2.75) is 58.0 Å². The molecule has 3 aliphatic rings. The Bertz CT molecular complexity index is 1310. The molecule has 2 aliphatic carbocycles.